The quantitative estimate of drug-likeness (QED) is 0.336. The van der Waals surface area contributed by atoms with Gasteiger partial charge in [0.25, 0.3) is 0 Å². The van der Waals surface area contributed by atoms with E-state index in [0.29, 0.717) is 8.93 Å². The zero-order valence-electron chi connectivity index (χ0n) is 7.66. The van der Waals surface area contributed by atoms with Crippen LogP contribution in [-0.4, -0.2) is 13.9 Å². The van der Waals surface area contributed by atoms with Gasteiger partial charge in [0.15, 0.2) is 5.75 Å². The van der Waals surface area contributed by atoms with Gasteiger partial charge in [0.1, 0.15) is 5.82 Å². The maximum Gasteiger partial charge on any atom is 0.534 e. The first-order valence-corrected chi connectivity index (χ1v) is 8.53. The largest absolute Gasteiger partial charge is 0.534 e. The molecule has 0 saturated carbocycles. The first-order chi connectivity index (χ1) is 7.69. The second-order valence-electron chi connectivity index (χ2n) is 2.63. The van der Waals surface area contributed by atoms with E-state index in [4.69, 9.17) is 0 Å². The second kappa shape index (κ2) is 5.18. The minimum absolute atomic E-state index is 0.319. The van der Waals surface area contributed by atoms with Crippen LogP contribution in [0.3, 0.4) is 0 Å². The molecule has 3 nitrogen and oxygen atoms in total. The molecule has 96 valence electrons. The van der Waals surface area contributed by atoms with E-state index in [-0.39, 0.29) is 4.90 Å². The minimum atomic E-state index is -5.78. The maximum atomic E-state index is 13.1. The van der Waals surface area contributed by atoms with Crippen LogP contribution in [0, 0.1) is 5.82 Å². The van der Waals surface area contributed by atoms with Crippen molar-refractivity contribution >= 4 is 40.3 Å². The highest BCUT2D eigenvalue weighted by Gasteiger charge is 2.48. The Morgan fingerprint density at radius 2 is 1.88 bits per heavy atom. The second-order valence-corrected chi connectivity index (χ2v) is 6.05. The first-order valence-electron chi connectivity index (χ1n) is 3.77. The standard InChI is InChI=1S/C7H3F4IO3S2/c8-4-2-1-3-5(6(4)16-12)15-17(13,14)7(9,10)11/h1-3H. The zero-order chi connectivity index (χ0) is 13.3. The van der Waals surface area contributed by atoms with Gasteiger partial charge < -0.3 is 4.18 Å². The predicted octanol–water partition coefficient (Wildman–Crippen LogP) is 3.50. The highest BCUT2D eigenvalue weighted by Crippen LogP contribution is 2.38. The fourth-order valence-corrected chi connectivity index (χ4v) is 2.93. The van der Waals surface area contributed by atoms with E-state index >= 15 is 0 Å². The van der Waals surface area contributed by atoms with Crippen LogP contribution in [0.1, 0.15) is 0 Å². The van der Waals surface area contributed by atoms with E-state index in [0.717, 1.165) is 18.2 Å². The third-order valence-corrected chi connectivity index (χ3v) is 4.33. The zero-order valence-corrected chi connectivity index (χ0v) is 11.5. The fourth-order valence-electron chi connectivity index (χ4n) is 0.795. The van der Waals surface area contributed by atoms with E-state index in [1.165, 1.54) is 0 Å². The summed E-state index contributed by atoms with van der Waals surface area (Å²) in [7, 11) is -5.07. The lowest BCUT2D eigenvalue weighted by molar-refractivity contribution is -0.0501. The Bertz CT molecular complexity index is 514. The van der Waals surface area contributed by atoms with Gasteiger partial charge in [-0.15, -0.1) is 0 Å². The molecule has 1 aromatic rings. The first kappa shape index (κ1) is 14.8. The van der Waals surface area contributed by atoms with Gasteiger partial charge in [-0.25, -0.2) is 4.39 Å². The summed E-state index contributed by atoms with van der Waals surface area (Å²) in [6.45, 7) is 0. The molecule has 1 rings (SSSR count). The molecule has 1 aromatic carbocycles. The molecule has 0 heterocycles. The van der Waals surface area contributed by atoms with E-state index < -0.39 is 27.2 Å². The van der Waals surface area contributed by atoms with Crippen molar-refractivity contribution in [3.8, 4) is 5.75 Å². The molecule has 0 unspecified atom stereocenters. The van der Waals surface area contributed by atoms with Crippen molar-refractivity contribution in [2.75, 3.05) is 0 Å². The topological polar surface area (TPSA) is 43.4 Å². The summed E-state index contributed by atoms with van der Waals surface area (Å²) < 4.78 is 74.5. The number of rotatable bonds is 3. The van der Waals surface area contributed by atoms with Crippen molar-refractivity contribution in [2.24, 2.45) is 0 Å². The van der Waals surface area contributed by atoms with Gasteiger partial charge in [0.2, 0.25) is 0 Å². The number of alkyl halides is 3. The Kier molecular flexibility index (Phi) is 4.52. The molecular formula is C7H3F4IO3S2. The number of halogens is 5. The summed E-state index contributed by atoms with van der Waals surface area (Å²) in [5.41, 5.74) is -5.55. The van der Waals surface area contributed by atoms with Crippen LogP contribution in [0.15, 0.2) is 23.1 Å². The van der Waals surface area contributed by atoms with Crippen LogP contribution >= 0.6 is 30.1 Å². The summed E-state index contributed by atoms with van der Waals surface area (Å²) in [6.07, 6.45) is 0. The van der Waals surface area contributed by atoms with Crippen molar-refractivity contribution < 1.29 is 30.2 Å². The lowest BCUT2D eigenvalue weighted by Gasteiger charge is -2.11. The third-order valence-electron chi connectivity index (χ3n) is 1.49. The molecule has 17 heavy (non-hydrogen) atoms. The average molecular weight is 402 g/mol. The highest BCUT2D eigenvalue weighted by atomic mass is 127. The third kappa shape index (κ3) is 3.37. The van der Waals surface area contributed by atoms with Gasteiger partial charge in [-0.1, -0.05) is 6.07 Å². The summed E-state index contributed by atoms with van der Waals surface area (Å²) in [6, 6.07) is 2.97. The van der Waals surface area contributed by atoms with Gasteiger partial charge in [-0.2, -0.15) is 21.6 Å². The molecule has 0 bridgehead atoms. The van der Waals surface area contributed by atoms with Gasteiger partial charge in [-0.05, 0) is 21.1 Å². The van der Waals surface area contributed by atoms with Crippen LogP contribution in [0.2, 0.25) is 0 Å². The Hall–Kier alpha value is -0.230. The maximum absolute atomic E-state index is 13.1. The molecular weight excluding hydrogens is 399 g/mol. The lowest BCUT2D eigenvalue weighted by Crippen LogP contribution is -2.28. The van der Waals surface area contributed by atoms with Gasteiger partial charge in [-0.3, -0.25) is 0 Å². The molecule has 0 fully saturated rings. The van der Waals surface area contributed by atoms with E-state index in [1.54, 1.807) is 21.2 Å². The summed E-state index contributed by atoms with van der Waals surface area (Å²) in [4.78, 5) is -0.319. The normalized spacial score (nSPS) is 12.5. The summed E-state index contributed by atoms with van der Waals surface area (Å²) in [5, 5.41) is 0. The van der Waals surface area contributed by atoms with Crippen LogP contribution in [0.25, 0.3) is 0 Å². The summed E-state index contributed by atoms with van der Waals surface area (Å²) >= 11 is 1.60. The monoisotopic (exact) mass is 402 g/mol. The number of hydrogen-bond acceptors (Lipinski definition) is 4. The highest BCUT2D eigenvalue weighted by molar-refractivity contribution is 14.2. The molecule has 0 radical (unpaired) electrons. The summed E-state index contributed by atoms with van der Waals surface area (Å²) in [5.74, 6) is -1.55. The minimum Gasteiger partial charge on any atom is -0.375 e. The lowest BCUT2D eigenvalue weighted by atomic mass is 10.3. The average Bonchev–Trinajstić information content (AvgIpc) is 2.15. The predicted molar refractivity (Wildman–Crippen MR) is 61.9 cm³/mol. The van der Waals surface area contributed by atoms with Crippen molar-refractivity contribution in [2.45, 2.75) is 10.4 Å². The van der Waals surface area contributed by atoms with Crippen molar-refractivity contribution in [3.05, 3.63) is 24.0 Å². The Labute approximate surface area is 110 Å². The smallest absolute Gasteiger partial charge is 0.375 e. The van der Waals surface area contributed by atoms with Crippen LogP contribution in [0.5, 0.6) is 5.75 Å². The van der Waals surface area contributed by atoms with Crippen molar-refractivity contribution in [1.29, 1.82) is 0 Å². The molecule has 0 aliphatic carbocycles. The molecule has 10 heteroatoms. The fraction of sp³-hybridized carbons (Fsp3) is 0.143. The van der Waals surface area contributed by atoms with Gasteiger partial charge >= 0.3 is 15.6 Å². The molecule has 0 N–H and O–H groups in total. The Balaban J connectivity index is 3.17. The van der Waals surface area contributed by atoms with E-state index in [1.807, 2.05) is 0 Å². The van der Waals surface area contributed by atoms with Crippen LogP contribution < -0.4 is 4.18 Å². The number of benzene rings is 1. The molecule has 0 spiro atoms. The molecule has 0 aliphatic rings. The van der Waals surface area contributed by atoms with E-state index in [2.05, 4.69) is 4.18 Å². The van der Waals surface area contributed by atoms with Crippen molar-refractivity contribution in [1.82, 2.24) is 0 Å². The van der Waals surface area contributed by atoms with E-state index in [9.17, 15) is 26.0 Å². The van der Waals surface area contributed by atoms with Crippen molar-refractivity contribution in [3.63, 3.8) is 0 Å². The van der Waals surface area contributed by atoms with Gasteiger partial charge in [0, 0.05) is 21.2 Å². The Morgan fingerprint density at radius 1 is 1.29 bits per heavy atom. The molecule has 0 saturated heterocycles. The Morgan fingerprint density at radius 3 is 2.35 bits per heavy atom. The molecule has 0 amide bonds. The molecule has 0 atom stereocenters. The van der Waals surface area contributed by atoms with Crippen LogP contribution in [-0.2, 0) is 10.1 Å². The SMILES string of the molecule is O=S(=O)(Oc1cccc(F)c1SI)C(F)(F)F. The molecule has 0 aliphatic heterocycles. The number of hydrogen-bond donors (Lipinski definition) is 0. The van der Waals surface area contributed by atoms with Gasteiger partial charge in [0.05, 0.1) is 4.90 Å². The van der Waals surface area contributed by atoms with Crippen LogP contribution in [0.4, 0.5) is 17.6 Å². The molecule has 0 aromatic heterocycles.